The van der Waals surface area contributed by atoms with E-state index >= 15 is 0 Å². The lowest BCUT2D eigenvalue weighted by atomic mass is 10.1. The molecule has 1 aliphatic rings. The minimum Gasteiger partial charge on any atom is -0.444 e. The first kappa shape index (κ1) is 16.8. The zero-order valence-corrected chi connectivity index (χ0v) is 16.2. The average molecular weight is 449 g/mol. The van der Waals surface area contributed by atoms with Crippen molar-refractivity contribution >= 4 is 45.9 Å². The largest absolute Gasteiger partial charge is 0.444 e. The second kappa shape index (κ2) is 6.08. The molecule has 0 saturated carbocycles. The zero-order valence-electron chi connectivity index (χ0n) is 13.3. The molecule has 3 rings (SSSR count). The van der Waals surface area contributed by atoms with Crippen LogP contribution >= 0.6 is 34.2 Å². The Labute approximate surface area is 153 Å². The van der Waals surface area contributed by atoms with Crippen LogP contribution in [0.4, 0.5) is 4.79 Å². The van der Waals surface area contributed by atoms with Gasteiger partial charge in [-0.1, -0.05) is 11.6 Å². The number of aromatic nitrogens is 3. The third kappa shape index (κ3) is 3.40. The Morgan fingerprint density at radius 1 is 1.35 bits per heavy atom. The van der Waals surface area contributed by atoms with Crippen LogP contribution in [0.2, 0.25) is 5.15 Å². The van der Waals surface area contributed by atoms with Crippen LogP contribution < -0.4 is 0 Å². The van der Waals surface area contributed by atoms with Crippen molar-refractivity contribution in [3.63, 3.8) is 0 Å². The van der Waals surface area contributed by atoms with E-state index in [1.54, 1.807) is 15.6 Å². The first-order valence-electron chi connectivity index (χ1n) is 7.44. The average Bonchev–Trinajstić information content (AvgIpc) is 2.69. The number of ether oxygens (including phenoxy) is 1. The summed E-state index contributed by atoms with van der Waals surface area (Å²) in [5, 5.41) is 4.85. The Bertz CT molecular complexity index is 769. The van der Waals surface area contributed by atoms with Crippen molar-refractivity contribution < 1.29 is 9.53 Å². The van der Waals surface area contributed by atoms with Crippen molar-refractivity contribution in [1.29, 1.82) is 0 Å². The number of hydrogen-bond donors (Lipinski definition) is 0. The van der Waals surface area contributed by atoms with Gasteiger partial charge < -0.3 is 9.64 Å². The van der Waals surface area contributed by atoms with Crippen LogP contribution in [0.25, 0.3) is 5.65 Å². The fraction of sp³-hybridized carbons (Fsp3) is 0.533. The van der Waals surface area contributed by atoms with E-state index in [4.69, 9.17) is 21.3 Å². The minimum absolute atomic E-state index is 0.291. The van der Waals surface area contributed by atoms with Gasteiger partial charge in [0.1, 0.15) is 10.8 Å². The summed E-state index contributed by atoms with van der Waals surface area (Å²) in [5.74, 6) is 0. The second-order valence-corrected chi connectivity index (χ2v) is 8.04. The van der Waals surface area contributed by atoms with Gasteiger partial charge in [-0.15, -0.1) is 0 Å². The lowest BCUT2D eigenvalue weighted by Crippen LogP contribution is -2.38. The summed E-state index contributed by atoms with van der Waals surface area (Å²) >= 11 is 8.70. The molecule has 0 bridgehead atoms. The maximum absolute atomic E-state index is 12.3. The second-order valence-electron chi connectivity index (χ2n) is 6.52. The Hall–Kier alpha value is -1.09. The summed E-state index contributed by atoms with van der Waals surface area (Å²) in [6.07, 6.45) is 2.76. The summed E-state index contributed by atoms with van der Waals surface area (Å²) in [4.78, 5) is 18.7. The van der Waals surface area contributed by atoms with Gasteiger partial charge in [0.15, 0.2) is 5.65 Å². The number of carbonyl (C=O) groups excluding carboxylic acids is 1. The van der Waals surface area contributed by atoms with Crippen LogP contribution in [0.15, 0.2) is 6.20 Å². The number of rotatable bonds is 0. The van der Waals surface area contributed by atoms with Crippen molar-refractivity contribution in [2.45, 2.75) is 39.2 Å². The molecule has 0 spiro atoms. The molecule has 0 unspecified atom stereocenters. The predicted molar refractivity (Wildman–Crippen MR) is 95.9 cm³/mol. The highest BCUT2D eigenvalue weighted by Gasteiger charge is 2.26. The molecular formula is C15H18ClIN4O2. The maximum Gasteiger partial charge on any atom is 0.410 e. The first-order valence-corrected chi connectivity index (χ1v) is 8.90. The normalized spacial score (nSPS) is 15.4. The number of hydrogen-bond acceptors (Lipinski definition) is 4. The lowest BCUT2D eigenvalue weighted by Gasteiger charge is -2.26. The van der Waals surface area contributed by atoms with Crippen LogP contribution in [0.5, 0.6) is 0 Å². The number of carbonyl (C=O) groups is 1. The van der Waals surface area contributed by atoms with E-state index in [1.165, 1.54) is 0 Å². The van der Waals surface area contributed by atoms with E-state index in [2.05, 4.69) is 27.7 Å². The Kier molecular flexibility index (Phi) is 4.43. The summed E-state index contributed by atoms with van der Waals surface area (Å²) in [7, 11) is 0. The summed E-state index contributed by atoms with van der Waals surface area (Å²) < 4.78 is 8.08. The van der Waals surface area contributed by atoms with Crippen LogP contribution in [-0.4, -0.2) is 44.3 Å². The molecular weight excluding hydrogens is 431 g/mol. The van der Waals surface area contributed by atoms with Crippen LogP contribution in [0, 0.1) is 3.57 Å². The van der Waals surface area contributed by atoms with Gasteiger partial charge in [0.25, 0.3) is 0 Å². The summed E-state index contributed by atoms with van der Waals surface area (Å²) in [6, 6.07) is 0. The van der Waals surface area contributed by atoms with Crippen molar-refractivity contribution in [2.75, 3.05) is 13.1 Å². The molecule has 8 heteroatoms. The van der Waals surface area contributed by atoms with Gasteiger partial charge in [-0.2, -0.15) is 5.10 Å². The predicted octanol–water partition coefficient (Wildman–Crippen LogP) is 3.32. The Balaban J connectivity index is 1.87. The molecule has 124 valence electrons. The van der Waals surface area contributed by atoms with E-state index in [-0.39, 0.29) is 6.09 Å². The van der Waals surface area contributed by atoms with Gasteiger partial charge in [0.05, 0.1) is 15.5 Å². The van der Waals surface area contributed by atoms with Crippen molar-refractivity contribution in [3.05, 3.63) is 26.2 Å². The third-order valence-corrected chi connectivity index (χ3v) is 4.78. The van der Waals surface area contributed by atoms with Crippen LogP contribution in [-0.2, 0) is 17.6 Å². The molecule has 2 aromatic heterocycles. The molecule has 0 aromatic carbocycles. The number of nitrogens with zero attached hydrogens (tertiary/aromatic N) is 4. The molecule has 1 amide bonds. The summed E-state index contributed by atoms with van der Waals surface area (Å²) in [6.45, 7) is 6.74. The van der Waals surface area contributed by atoms with Crippen LogP contribution in [0.3, 0.4) is 0 Å². The Morgan fingerprint density at radius 3 is 2.74 bits per heavy atom. The fourth-order valence-corrected chi connectivity index (χ4v) is 3.37. The first-order chi connectivity index (χ1) is 10.8. The van der Waals surface area contributed by atoms with E-state index in [0.29, 0.717) is 31.1 Å². The molecule has 0 fully saturated rings. The van der Waals surface area contributed by atoms with Crippen molar-refractivity contribution in [2.24, 2.45) is 0 Å². The van der Waals surface area contributed by atoms with Crippen LogP contribution in [0.1, 0.15) is 32.0 Å². The van der Waals surface area contributed by atoms with Crippen molar-refractivity contribution in [3.8, 4) is 0 Å². The standard InChI is InChI=1S/C15H18ClIN4O2/c1-15(2,3)23-14(22)20-6-4-9-11(5-7-20)19-13-10(17)8-18-21(13)12(9)16/h8H,4-7H2,1-3H3. The quantitative estimate of drug-likeness (QED) is 0.458. The molecule has 23 heavy (non-hydrogen) atoms. The molecule has 0 aliphatic carbocycles. The number of halogens is 2. The van der Waals surface area contributed by atoms with E-state index in [0.717, 1.165) is 20.5 Å². The molecule has 2 aromatic rings. The van der Waals surface area contributed by atoms with Gasteiger partial charge in [-0.3, -0.25) is 0 Å². The minimum atomic E-state index is -0.497. The molecule has 6 nitrogen and oxygen atoms in total. The molecule has 0 atom stereocenters. The van der Waals surface area contributed by atoms with Gasteiger partial charge in [-0.25, -0.2) is 14.3 Å². The van der Waals surface area contributed by atoms with Gasteiger partial charge in [0.2, 0.25) is 0 Å². The molecule has 0 N–H and O–H groups in total. The topological polar surface area (TPSA) is 59.7 Å². The molecule has 1 aliphatic heterocycles. The van der Waals surface area contributed by atoms with Gasteiger partial charge >= 0.3 is 6.09 Å². The molecule has 0 radical (unpaired) electrons. The SMILES string of the molecule is CC(C)(C)OC(=O)N1CCc2nc3c(I)cnn3c(Cl)c2CC1. The van der Waals surface area contributed by atoms with E-state index < -0.39 is 5.60 Å². The third-order valence-electron chi connectivity index (χ3n) is 3.63. The lowest BCUT2D eigenvalue weighted by molar-refractivity contribution is 0.0258. The van der Waals surface area contributed by atoms with Gasteiger partial charge in [0, 0.05) is 25.1 Å². The highest BCUT2D eigenvalue weighted by molar-refractivity contribution is 14.1. The smallest absolute Gasteiger partial charge is 0.410 e. The van der Waals surface area contributed by atoms with Crippen molar-refractivity contribution in [1.82, 2.24) is 19.5 Å². The van der Waals surface area contributed by atoms with Gasteiger partial charge in [-0.05, 0) is 49.8 Å². The summed E-state index contributed by atoms with van der Waals surface area (Å²) in [5.41, 5.74) is 2.17. The molecule has 3 heterocycles. The highest BCUT2D eigenvalue weighted by atomic mass is 127. The number of fused-ring (bicyclic) bond motifs is 2. The monoisotopic (exact) mass is 448 g/mol. The molecule has 0 saturated heterocycles. The van der Waals surface area contributed by atoms with E-state index in [1.807, 2.05) is 20.8 Å². The zero-order chi connectivity index (χ0) is 16.8. The van der Waals surface area contributed by atoms with E-state index in [9.17, 15) is 4.79 Å². The Morgan fingerprint density at radius 2 is 2.04 bits per heavy atom. The fourth-order valence-electron chi connectivity index (χ4n) is 2.57. The maximum atomic E-state index is 12.3. The number of amides is 1. The highest BCUT2D eigenvalue weighted by Crippen LogP contribution is 2.26.